The first-order chi connectivity index (χ1) is 10.6. The van der Waals surface area contributed by atoms with E-state index in [4.69, 9.17) is 28.9 Å². The van der Waals surface area contributed by atoms with Crippen LogP contribution in [0.5, 0.6) is 0 Å². The van der Waals surface area contributed by atoms with Gasteiger partial charge in [-0.3, -0.25) is 9.79 Å². The van der Waals surface area contributed by atoms with Crippen molar-refractivity contribution in [2.24, 2.45) is 10.7 Å². The van der Waals surface area contributed by atoms with E-state index in [-0.39, 0.29) is 0 Å². The van der Waals surface area contributed by atoms with Crippen molar-refractivity contribution in [1.29, 1.82) is 0 Å². The van der Waals surface area contributed by atoms with Crippen molar-refractivity contribution in [3.8, 4) is 0 Å². The fourth-order valence-corrected chi connectivity index (χ4v) is 3.39. The average molecular weight is 349 g/mol. The van der Waals surface area contributed by atoms with Crippen LogP contribution in [-0.4, -0.2) is 12.1 Å². The van der Waals surface area contributed by atoms with Crippen LogP contribution in [0.2, 0.25) is 10.0 Å². The van der Waals surface area contributed by atoms with Gasteiger partial charge in [-0.1, -0.05) is 29.3 Å². The van der Waals surface area contributed by atoms with Crippen molar-refractivity contribution in [3.05, 3.63) is 63.0 Å². The Hall–Kier alpha value is -1.88. The normalized spacial score (nSPS) is 11.4. The third kappa shape index (κ3) is 2.86. The summed E-state index contributed by atoms with van der Waals surface area (Å²) in [7, 11) is 0. The largest absolute Gasteiger partial charge is 0.366 e. The summed E-state index contributed by atoms with van der Waals surface area (Å²) in [6, 6.07) is 10.6. The number of nitrogens with two attached hydrogens (primary N) is 1. The summed E-state index contributed by atoms with van der Waals surface area (Å²) in [4.78, 5) is 15.8. The first-order valence-corrected chi connectivity index (χ1v) is 7.99. The van der Waals surface area contributed by atoms with Crippen LogP contribution in [0.1, 0.15) is 15.9 Å². The number of hydrogen-bond acceptors (Lipinski definition) is 3. The highest BCUT2D eigenvalue weighted by molar-refractivity contribution is 7.17. The molecule has 2 N–H and O–H groups in total. The van der Waals surface area contributed by atoms with Gasteiger partial charge in [0.05, 0.1) is 16.3 Å². The fourth-order valence-electron chi connectivity index (χ4n) is 2.10. The topological polar surface area (TPSA) is 55.5 Å². The van der Waals surface area contributed by atoms with Crippen molar-refractivity contribution in [1.82, 2.24) is 0 Å². The zero-order chi connectivity index (χ0) is 15.7. The molecule has 0 atom stereocenters. The lowest BCUT2D eigenvalue weighted by Gasteiger charge is -2.03. The first kappa shape index (κ1) is 15.0. The molecule has 0 fully saturated rings. The molecule has 3 nitrogen and oxygen atoms in total. The molecule has 3 rings (SSSR count). The lowest BCUT2D eigenvalue weighted by molar-refractivity contribution is 0.100. The van der Waals surface area contributed by atoms with Gasteiger partial charge in [0.2, 0.25) is 0 Å². The molecule has 0 bridgehead atoms. The number of fused-ring (bicyclic) bond motifs is 1. The van der Waals surface area contributed by atoms with Gasteiger partial charge in [-0.05, 0) is 30.3 Å². The number of rotatable bonds is 3. The highest BCUT2D eigenvalue weighted by atomic mass is 35.5. The maximum Gasteiger partial charge on any atom is 0.250 e. The Morgan fingerprint density at radius 3 is 2.82 bits per heavy atom. The molecule has 1 heterocycles. The molecule has 22 heavy (non-hydrogen) atoms. The van der Waals surface area contributed by atoms with Crippen LogP contribution in [0.15, 0.2) is 46.8 Å². The standard InChI is InChI=1S/C16H10Cl2N2OS/c17-10-4-5-14-12(6-10)9(8-22-14)7-20-15-11(16(19)21)2-1-3-13(15)18/h1-8H,(H2,19,21)/b20-7+. The number of thiophene rings is 1. The Balaban J connectivity index is 2.07. The van der Waals surface area contributed by atoms with E-state index < -0.39 is 5.91 Å². The van der Waals surface area contributed by atoms with Gasteiger partial charge in [0.1, 0.15) is 0 Å². The molecule has 0 aliphatic rings. The lowest BCUT2D eigenvalue weighted by Crippen LogP contribution is -2.11. The summed E-state index contributed by atoms with van der Waals surface area (Å²) < 4.78 is 1.11. The van der Waals surface area contributed by atoms with Gasteiger partial charge < -0.3 is 5.73 Å². The highest BCUT2D eigenvalue weighted by Gasteiger charge is 2.10. The maximum atomic E-state index is 11.5. The van der Waals surface area contributed by atoms with E-state index in [2.05, 4.69) is 4.99 Å². The van der Waals surface area contributed by atoms with Crippen LogP contribution >= 0.6 is 34.5 Å². The molecule has 110 valence electrons. The molecule has 0 spiro atoms. The van der Waals surface area contributed by atoms with Gasteiger partial charge in [-0.15, -0.1) is 11.3 Å². The monoisotopic (exact) mass is 348 g/mol. The van der Waals surface area contributed by atoms with Crippen LogP contribution in [0, 0.1) is 0 Å². The van der Waals surface area contributed by atoms with E-state index in [0.29, 0.717) is 21.3 Å². The van der Waals surface area contributed by atoms with Crippen molar-refractivity contribution in [2.45, 2.75) is 0 Å². The molecule has 0 aliphatic heterocycles. The molecule has 6 heteroatoms. The Labute approximate surface area is 141 Å². The van der Waals surface area contributed by atoms with Crippen molar-refractivity contribution >= 4 is 62.4 Å². The number of aliphatic imine (C=N–C) groups is 1. The number of para-hydroxylation sites is 1. The molecule has 0 saturated carbocycles. The highest BCUT2D eigenvalue weighted by Crippen LogP contribution is 2.31. The number of carbonyl (C=O) groups is 1. The zero-order valence-electron chi connectivity index (χ0n) is 11.2. The fraction of sp³-hybridized carbons (Fsp3) is 0. The van der Waals surface area contributed by atoms with Crippen LogP contribution < -0.4 is 5.73 Å². The third-order valence-corrected chi connectivity index (χ3v) is 4.67. The van der Waals surface area contributed by atoms with E-state index in [1.165, 1.54) is 0 Å². The number of hydrogen-bond donors (Lipinski definition) is 1. The quantitative estimate of drug-likeness (QED) is 0.661. The molecule has 0 saturated heterocycles. The zero-order valence-corrected chi connectivity index (χ0v) is 13.5. The minimum atomic E-state index is -0.562. The molecule has 3 aromatic rings. The smallest absolute Gasteiger partial charge is 0.250 e. The number of carbonyl (C=O) groups excluding carboxylic acids is 1. The molecule has 0 aliphatic carbocycles. The predicted molar refractivity (Wildman–Crippen MR) is 94.1 cm³/mol. The minimum Gasteiger partial charge on any atom is -0.366 e. The van der Waals surface area contributed by atoms with Gasteiger partial charge in [-0.25, -0.2) is 0 Å². The maximum absolute atomic E-state index is 11.5. The SMILES string of the molecule is NC(=O)c1cccc(Cl)c1/N=C/c1csc2ccc(Cl)cc12. The van der Waals surface area contributed by atoms with Crippen LogP contribution in [0.4, 0.5) is 5.69 Å². The molecular weight excluding hydrogens is 339 g/mol. The van der Waals surface area contributed by atoms with E-state index in [0.717, 1.165) is 15.6 Å². The van der Waals surface area contributed by atoms with Gasteiger partial charge in [0.15, 0.2) is 0 Å². The van der Waals surface area contributed by atoms with E-state index in [9.17, 15) is 4.79 Å². The molecule has 1 aromatic heterocycles. The summed E-state index contributed by atoms with van der Waals surface area (Å²) >= 11 is 13.7. The second-order valence-electron chi connectivity index (χ2n) is 4.59. The van der Waals surface area contributed by atoms with Gasteiger partial charge in [0.25, 0.3) is 5.91 Å². The number of amides is 1. The van der Waals surface area contributed by atoms with Gasteiger partial charge in [0, 0.05) is 32.3 Å². The van der Waals surface area contributed by atoms with Gasteiger partial charge in [-0.2, -0.15) is 0 Å². The summed E-state index contributed by atoms with van der Waals surface area (Å²) in [6.07, 6.45) is 1.67. The summed E-state index contributed by atoms with van der Waals surface area (Å²) in [5.74, 6) is -0.562. The average Bonchev–Trinajstić information content (AvgIpc) is 2.88. The number of benzene rings is 2. The minimum absolute atomic E-state index is 0.293. The van der Waals surface area contributed by atoms with E-state index in [1.54, 1.807) is 35.8 Å². The second kappa shape index (κ2) is 6.08. The number of primary amides is 1. The van der Waals surface area contributed by atoms with Gasteiger partial charge >= 0.3 is 0 Å². The van der Waals surface area contributed by atoms with Crippen molar-refractivity contribution in [3.63, 3.8) is 0 Å². The predicted octanol–water partition coefficient (Wildman–Crippen LogP) is 5.06. The van der Waals surface area contributed by atoms with Crippen molar-refractivity contribution < 1.29 is 4.79 Å². The molecule has 0 unspecified atom stereocenters. The molecular formula is C16H10Cl2N2OS. The van der Waals surface area contributed by atoms with Crippen LogP contribution in [0.25, 0.3) is 10.1 Å². The number of nitrogens with zero attached hydrogens (tertiary/aromatic N) is 1. The second-order valence-corrected chi connectivity index (χ2v) is 6.34. The van der Waals surface area contributed by atoms with Crippen molar-refractivity contribution in [2.75, 3.05) is 0 Å². The molecule has 1 amide bonds. The third-order valence-electron chi connectivity index (χ3n) is 3.15. The lowest BCUT2D eigenvalue weighted by atomic mass is 10.1. The number of halogens is 2. The Morgan fingerprint density at radius 2 is 2.05 bits per heavy atom. The summed E-state index contributed by atoms with van der Waals surface area (Å²) in [5, 5.41) is 4.03. The summed E-state index contributed by atoms with van der Waals surface area (Å²) in [6.45, 7) is 0. The molecule has 0 radical (unpaired) electrons. The Bertz CT molecular complexity index is 902. The van der Waals surface area contributed by atoms with Crippen LogP contribution in [0.3, 0.4) is 0 Å². The Morgan fingerprint density at radius 1 is 1.23 bits per heavy atom. The van der Waals surface area contributed by atoms with Crippen LogP contribution in [-0.2, 0) is 0 Å². The summed E-state index contributed by atoms with van der Waals surface area (Å²) in [5.41, 5.74) is 6.94. The Kier molecular flexibility index (Phi) is 4.16. The molecule has 2 aromatic carbocycles. The van der Waals surface area contributed by atoms with E-state index in [1.807, 2.05) is 23.6 Å². The first-order valence-electron chi connectivity index (χ1n) is 6.35. The van der Waals surface area contributed by atoms with E-state index >= 15 is 0 Å².